The van der Waals surface area contributed by atoms with E-state index in [1.807, 2.05) is 0 Å². The lowest BCUT2D eigenvalue weighted by Crippen LogP contribution is -2.17. The third-order valence-corrected chi connectivity index (χ3v) is 1.22. The molecule has 5 N–H and O–H groups in total. The molecule has 0 aromatic carbocycles. The van der Waals surface area contributed by atoms with Gasteiger partial charge in [0.05, 0.1) is 0 Å². The summed E-state index contributed by atoms with van der Waals surface area (Å²) in [4.78, 5) is 13.0. The SMILES string of the molecule is C.[2H]C(C)(C)C(N)=O.[2H]C(C)(C)N.[2H]C(C)(C)NC.[2H]C(C)(C)[N+]#[C-]. The molecule has 0 spiro atoms. The third-order valence-electron chi connectivity index (χ3n) is 1.22. The van der Waals surface area contributed by atoms with Crippen LogP contribution in [0.25, 0.3) is 4.85 Å². The van der Waals surface area contributed by atoms with Crippen LogP contribution >= 0.6 is 0 Å². The zero-order valence-corrected chi connectivity index (χ0v) is 14.5. The summed E-state index contributed by atoms with van der Waals surface area (Å²) in [5, 5.41) is 2.77. The molecule has 0 aliphatic rings. The molecule has 0 bridgehead atoms. The fourth-order valence-electron chi connectivity index (χ4n) is 0. The van der Waals surface area contributed by atoms with Gasteiger partial charge in [0.2, 0.25) is 11.9 Å². The Morgan fingerprint density at radius 1 is 1.14 bits per heavy atom. The van der Waals surface area contributed by atoms with Gasteiger partial charge in [-0.25, -0.2) is 6.57 Å². The van der Waals surface area contributed by atoms with Gasteiger partial charge in [0.1, 0.15) is 1.37 Å². The van der Waals surface area contributed by atoms with E-state index in [1.54, 1.807) is 48.6 Å². The van der Waals surface area contributed by atoms with E-state index >= 15 is 0 Å². The van der Waals surface area contributed by atoms with E-state index in [2.05, 4.69) is 10.2 Å². The first-order chi connectivity index (χ1) is 10.1. The summed E-state index contributed by atoms with van der Waals surface area (Å²) in [5.74, 6) is -1.70. The molecule has 1 amide bonds. The average Bonchev–Trinajstić information content (AvgIpc) is 2.25. The molecular weight excluding hydrogens is 264 g/mol. The standard InChI is InChI=1S/C4H9NO.C4H11N.C4H7N.C3H9N.CH4/c1-3(2)4(5)6;2*1-4(2)5-3;1-3(2)4;/h3H,1-2H3,(H2,5,6);4-5H,1-3H3;4H,1-2H3;3H,4H2,1-2H3;1H4/i3D;2*4D;3D;. The van der Waals surface area contributed by atoms with Crippen LogP contribution in [0.3, 0.4) is 0 Å². The predicted octanol–water partition coefficient (Wildman–Crippen LogP) is 3.05. The van der Waals surface area contributed by atoms with Crippen molar-refractivity contribution in [3.63, 3.8) is 0 Å². The Labute approximate surface area is 139 Å². The molecule has 0 unspecified atom stereocenters. The van der Waals surface area contributed by atoms with Crippen LogP contribution in [-0.2, 0) is 4.79 Å². The van der Waals surface area contributed by atoms with Crippen molar-refractivity contribution < 1.29 is 10.3 Å². The molecular formula is C16H40N4O. The number of rotatable bonds is 2. The number of nitrogens with zero attached hydrogens (tertiary/aromatic N) is 1. The third kappa shape index (κ3) is 114. The van der Waals surface area contributed by atoms with Crippen LogP contribution in [-0.4, -0.2) is 31.0 Å². The molecule has 5 nitrogen and oxygen atoms in total. The molecule has 21 heavy (non-hydrogen) atoms. The lowest BCUT2D eigenvalue weighted by Gasteiger charge is -1.95. The van der Waals surface area contributed by atoms with Gasteiger partial charge in [-0.3, -0.25) is 4.79 Å². The van der Waals surface area contributed by atoms with E-state index in [0.29, 0.717) is 0 Å². The number of hydrogen-bond acceptors (Lipinski definition) is 3. The molecule has 0 aliphatic carbocycles. The average molecular weight is 309 g/mol. The van der Waals surface area contributed by atoms with Gasteiger partial charge in [0, 0.05) is 29.9 Å². The summed E-state index contributed by atoms with van der Waals surface area (Å²) in [7, 11) is 1.77. The smallest absolute Gasteiger partial charge is 0.219 e. The molecule has 0 aliphatic heterocycles. The predicted molar refractivity (Wildman–Crippen MR) is 96.0 cm³/mol. The summed E-state index contributed by atoms with van der Waals surface area (Å²) in [6, 6.07) is -2.12. The highest BCUT2D eigenvalue weighted by atomic mass is 16.1. The monoisotopic (exact) mass is 308 g/mol. The minimum Gasteiger partial charge on any atom is -0.369 e. The van der Waals surface area contributed by atoms with Crippen LogP contribution in [0.2, 0.25) is 0 Å². The summed E-state index contributed by atoms with van der Waals surface area (Å²) in [5.41, 5.74) is 9.76. The fourth-order valence-corrected chi connectivity index (χ4v) is 0. The van der Waals surface area contributed by atoms with Crippen molar-refractivity contribution in [2.45, 2.75) is 80.9 Å². The lowest BCUT2D eigenvalue weighted by molar-refractivity contribution is -0.120. The Morgan fingerprint density at radius 3 is 1.29 bits per heavy atom. The molecule has 5 heteroatoms. The number of nitrogens with two attached hydrogens (primary N) is 2. The summed E-state index contributed by atoms with van der Waals surface area (Å²) < 4.78 is 27.5. The van der Waals surface area contributed by atoms with E-state index in [9.17, 15) is 4.79 Å². The second-order valence-corrected chi connectivity index (χ2v) is 4.75. The van der Waals surface area contributed by atoms with Gasteiger partial charge < -0.3 is 21.6 Å². The fraction of sp³-hybridized carbons (Fsp3) is 0.875. The van der Waals surface area contributed by atoms with Crippen LogP contribution in [0.5, 0.6) is 0 Å². The Balaban J connectivity index is -0.0000000706. The molecule has 0 atom stereocenters. The van der Waals surface area contributed by atoms with Crippen molar-refractivity contribution in [1.82, 2.24) is 5.32 Å². The Bertz CT molecular complexity index is 364. The molecule has 0 rings (SSSR count). The first-order valence-electron chi connectivity index (χ1n) is 8.23. The van der Waals surface area contributed by atoms with Crippen LogP contribution in [0.1, 0.15) is 68.3 Å². The number of hydrogen-bond donors (Lipinski definition) is 3. The van der Waals surface area contributed by atoms with Crippen molar-refractivity contribution >= 4 is 5.91 Å². The summed E-state index contributed by atoms with van der Waals surface area (Å²) >= 11 is 0. The van der Waals surface area contributed by atoms with Crippen LogP contribution in [0.15, 0.2) is 0 Å². The normalized spacial score (nSPS) is 13.2. The molecule has 0 aromatic rings. The van der Waals surface area contributed by atoms with Crippen molar-refractivity contribution in [2.24, 2.45) is 17.4 Å². The molecule has 0 aromatic heterocycles. The minimum absolute atomic E-state index is 0. The second-order valence-electron chi connectivity index (χ2n) is 4.75. The van der Waals surface area contributed by atoms with Gasteiger partial charge >= 0.3 is 0 Å². The van der Waals surface area contributed by atoms with Crippen LogP contribution < -0.4 is 16.8 Å². The molecule has 0 heterocycles. The Kier molecular flexibility index (Phi) is 22.7. The largest absolute Gasteiger partial charge is 0.369 e. The molecule has 0 saturated carbocycles. The number of primary amides is 1. The second kappa shape index (κ2) is 23.9. The molecule has 0 radical (unpaired) electrons. The zero-order chi connectivity index (χ0) is 21.0. The minimum atomic E-state index is -1.11. The molecule has 130 valence electrons. The summed E-state index contributed by atoms with van der Waals surface area (Å²) in [6.45, 7) is 19.2. The topological polar surface area (TPSA) is 85.5 Å². The van der Waals surface area contributed by atoms with Crippen LogP contribution in [0, 0.1) is 12.5 Å². The lowest BCUT2D eigenvalue weighted by atomic mass is 10.2. The van der Waals surface area contributed by atoms with Gasteiger partial charge in [0.15, 0.2) is 0 Å². The van der Waals surface area contributed by atoms with Gasteiger partial charge in [-0.05, 0) is 13.1 Å². The van der Waals surface area contributed by atoms with E-state index in [-0.39, 0.29) is 7.43 Å². The van der Waals surface area contributed by atoms with Crippen molar-refractivity contribution in [3.8, 4) is 0 Å². The van der Waals surface area contributed by atoms with E-state index in [0.717, 1.165) is 0 Å². The number of carbonyl (C=O) groups excluding carboxylic acids is 1. The Hall–Kier alpha value is -1.12. The van der Waals surface area contributed by atoms with Crippen molar-refractivity contribution in [2.75, 3.05) is 7.05 Å². The quantitative estimate of drug-likeness (QED) is 0.685. The van der Waals surface area contributed by atoms with E-state index < -0.39 is 29.9 Å². The van der Waals surface area contributed by atoms with Gasteiger partial charge in [0.25, 0.3) is 0 Å². The van der Waals surface area contributed by atoms with Gasteiger partial charge in [-0.1, -0.05) is 49.0 Å². The van der Waals surface area contributed by atoms with Gasteiger partial charge in [-0.15, -0.1) is 0 Å². The van der Waals surface area contributed by atoms with Gasteiger partial charge in [-0.2, -0.15) is 0 Å². The number of carbonyl (C=O) groups is 1. The van der Waals surface area contributed by atoms with E-state index in [4.69, 9.17) is 23.5 Å². The maximum atomic E-state index is 10.1. The highest BCUT2D eigenvalue weighted by Crippen LogP contribution is 1.84. The number of amides is 1. The molecule has 0 fully saturated rings. The highest BCUT2D eigenvalue weighted by Gasteiger charge is 1.96. The maximum Gasteiger partial charge on any atom is 0.219 e. The maximum absolute atomic E-state index is 10.1. The molecule has 0 saturated heterocycles. The highest BCUT2D eigenvalue weighted by molar-refractivity contribution is 5.75. The first kappa shape index (κ1) is 19.9. The van der Waals surface area contributed by atoms with Crippen molar-refractivity contribution in [3.05, 3.63) is 11.4 Å². The van der Waals surface area contributed by atoms with Crippen LogP contribution in [0.4, 0.5) is 0 Å². The van der Waals surface area contributed by atoms with E-state index in [1.165, 1.54) is 13.8 Å². The Morgan fingerprint density at radius 2 is 1.29 bits per heavy atom. The summed E-state index contributed by atoms with van der Waals surface area (Å²) in [6.07, 6.45) is 0. The van der Waals surface area contributed by atoms with Crippen molar-refractivity contribution in [1.29, 1.82) is 0 Å². The zero-order valence-electron chi connectivity index (χ0n) is 18.5. The number of nitrogens with one attached hydrogen (secondary N) is 1. The first-order valence-corrected chi connectivity index (χ1v) is 6.23.